The Hall–Kier alpha value is -0.447. The van der Waals surface area contributed by atoms with Gasteiger partial charge in [0, 0.05) is 103 Å². The Labute approximate surface area is 298 Å². The molecule has 0 aliphatic carbocycles. The molecule has 0 saturated heterocycles. The Morgan fingerprint density at radius 1 is 0.757 bits per heavy atom. The quantitative estimate of drug-likeness (QED) is 0.293. The molecule has 2 aromatic rings. The average molecular weight is 597 g/mol. The average Bonchev–Trinajstić information content (AvgIpc) is 3.23. The van der Waals surface area contributed by atoms with Crippen molar-refractivity contribution >= 4 is 158 Å². The van der Waals surface area contributed by atoms with Gasteiger partial charge < -0.3 is 0 Å². The zero-order valence-electron chi connectivity index (χ0n) is 20.2. The molecule has 2 N–H and O–H groups in total. The van der Waals surface area contributed by atoms with E-state index >= 15 is 0 Å². The minimum atomic E-state index is -4.39. The predicted molar refractivity (Wildman–Crippen MR) is 137 cm³/mol. The van der Waals surface area contributed by atoms with Gasteiger partial charge in [-0.15, -0.1) is 0 Å². The number of nitrogens with zero attached hydrogens (tertiary/aromatic N) is 4. The number of hydrogen-bond donors (Lipinski definition) is 2. The summed E-state index contributed by atoms with van der Waals surface area (Å²) in [6, 6.07) is 9.80. The van der Waals surface area contributed by atoms with E-state index in [0.717, 1.165) is 34.3 Å². The molecule has 1 unspecified atom stereocenters. The van der Waals surface area contributed by atoms with Crippen molar-refractivity contribution in [3.63, 3.8) is 0 Å². The van der Waals surface area contributed by atoms with E-state index in [0.29, 0.717) is 11.4 Å². The molecule has 2 amide bonds. The maximum atomic E-state index is 13.0. The molecule has 0 fully saturated rings. The first-order valence-corrected chi connectivity index (χ1v) is 12.8. The Kier molecular flexibility index (Phi) is 11.0. The first-order valence-electron chi connectivity index (χ1n) is 9.93. The second-order valence-corrected chi connectivity index (χ2v) is 10.5. The Balaban J connectivity index is 0.00000241. The molecule has 2 aliphatic rings. The van der Waals surface area contributed by atoms with Gasteiger partial charge in [-0.3, -0.25) is 18.7 Å². The number of benzene rings is 2. The van der Waals surface area contributed by atoms with E-state index in [-0.39, 0.29) is 130 Å². The molecule has 184 valence electrons. The van der Waals surface area contributed by atoms with Crippen molar-refractivity contribution < 1.29 is 35.5 Å². The van der Waals surface area contributed by atoms with E-state index in [1.807, 2.05) is 0 Å². The molecule has 0 aromatic heterocycles. The molecule has 0 spiro atoms. The number of hydrazone groups is 2. The summed E-state index contributed by atoms with van der Waals surface area (Å²) in [7, 11) is -8.78. The summed E-state index contributed by atoms with van der Waals surface area (Å²) in [5.41, 5.74) is 1.39. The summed E-state index contributed by atoms with van der Waals surface area (Å²) in [4.78, 5) is 25.4. The summed E-state index contributed by atoms with van der Waals surface area (Å²) in [6.45, 7) is 3.18. The minimum Gasteiger partial charge on any atom is -0.282 e. The van der Waals surface area contributed by atoms with Gasteiger partial charge in [-0.05, 0) is 62.4 Å². The zero-order chi connectivity index (χ0) is 25.7. The third-order valence-corrected chi connectivity index (χ3v) is 7.07. The van der Waals surface area contributed by atoms with Crippen LogP contribution in [0.4, 0.5) is 11.4 Å². The maximum Gasteiger partial charge on any atom is 0.294 e. The fourth-order valence-electron chi connectivity index (χ4n) is 3.53. The molecule has 37 heavy (non-hydrogen) atoms. The molecule has 2 heterocycles. The van der Waals surface area contributed by atoms with Crippen molar-refractivity contribution in [2.45, 2.75) is 23.6 Å². The number of rotatable bonds is 5. The Morgan fingerprint density at radius 3 is 1.62 bits per heavy atom. The first kappa shape index (κ1) is 32.8. The van der Waals surface area contributed by atoms with Crippen LogP contribution in [0.1, 0.15) is 13.8 Å². The van der Waals surface area contributed by atoms with E-state index in [2.05, 4.69) is 10.2 Å². The van der Waals surface area contributed by atoms with Crippen LogP contribution in [0.3, 0.4) is 0 Å². The molecule has 12 nitrogen and oxygen atoms in total. The van der Waals surface area contributed by atoms with Crippen LogP contribution in [0.2, 0.25) is 0 Å². The van der Waals surface area contributed by atoms with E-state index < -0.39 is 38.0 Å². The topological polar surface area (TPSA) is 174 Å². The van der Waals surface area contributed by atoms with Crippen LogP contribution in [0.25, 0.3) is 0 Å². The van der Waals surface area contributed by atoms with Crippen LogP contribution >= 0.6 is 0 Å². The number of amides is 2. The number of carbonyl (C=O) groups excluding carboxylic acids is 2. The van der Waals surface area contributed by atoms with Gasteiger partial charge in [0.15, 0.2) is 0 Å². The SMILES string of the molecule is CC1=NN(c2ccc(S(=O)(=O)O)cc2)C(=O)C1=CC1C(=O)N(c2ccc(S(=O)(=O)O)cc2)N=C1C.[K].[K]. The summed E-state index contributed by atoms with van der Waals surface area (Å²) < 4.78 is 63.2. The minimum absolute atomic E-state index is 0. The molecule has 2 aromatic carbocycles. The fourth-order valence-corrected chi connectivity index (χ4v) is 4.49. The molecule has 2 aliphatic heterocycles. The third kappa shape index (κ3) is 7.01. The Bertz CT molecular complexity index is 1550. The number of carbonyl (C=O) groups is 2. The summed E-state index contributed by atoms with van der Waals surface area (Å²) in [5.74, 6) is -1.91. The molecular weight excluding hydrogens is 579 g/mol. The van der Waals surface area contributed by atoms with Crippen LogP contribution < -0.4 is 10.0 Å². The smallest absolute Gasteiger partial charge is 0.282 e. The largest absolute Gasteiger partial charge is 0.294 e. The van der Waals surface area contributed by atoms with Crippen LogP contribution in [-0.2, 0) is 29.8 Å². The van der Waals surface area contributed by atoms with Crippen LogP contribution in [0.15, 0.2) is 80.2 Å². The van der Waals surface area contributed by atoms with E-state index in [1.165, 1.54) is 30.3 Å². The van der Waals surface area contributed by atoms with Crippen molar-refractivity contribution in [3.05, 3.63) is 60.2 Å². The molecule has 1 atom stereocenters. The third-order valence-electron chi connectivity index (χ3n) is 5.34. The molecule has 2 radical (unpaired) electrons. The van der Waals surface area contributed by atoms with Crippen molar-refractivity contribution in [3.8, 4) is 0 Å². The van der Waals surface area contributed by atoms with Gasteiger partial charge in [-0.1, -0.05) is 6.08 Å². The molecule has 0 bridgehead atoms. The van der Waals surface area contributed by atoms with Gasteiger partial charge in [-0.2, -0.15) is 37.1 Å². The monoisotopic (exact) mass is 596 g/mol. The number of hydrogen-bond acceptors (Lipinski definition) is 8. The van der Waals surface area contributed by atoms with Gasteiger partial charge in [0.1, 0.15) is 0 Å². The second-order valence-electron chi connectivity index (χ2n) is 7.69. The summed E-state index contributed by atoms with van der Waals surface area (Å²) in [5, 5.41) is 10.5. The van der Waals surface area contributed by atoms with Crippen molar-refractivity contribution in [1.82, 2.24) is 0 Å². The van der Waals surface area contributed by atoms with Crippen LogP contribution in [-0.4, -0.2) is 152 Å². The van der Waals surface area contributed by atoms with Crippen LogP contribution in [0.5, 0.6) is 0 Å². The molecule has 16 heteroatoms. The Morgan fingerprint density at radius 2 is 1.19 bits per heavy atom. The standard InChI is InChI=1S/C21H18N4O8S2.2K/c1-12-18(20(26)24(22-12)14-3-7-16(8-4-14)34(28,29)30)11-19-13(2)23-25(21(19)27)15-5-9-17(10-6-15)35(31,32)33;;/h3-11,18H,1-2H3,(H,28,29,30)(H,31,32,33);;. The zero-order valence-corrected chi connectivity index (χ0v) is 28.1. The van der Waals surface area contributed by atoms with Gasteiger partial charge in [0.2, 0.25) is 0 Å². The molecular formula is C21H18K2N4O8S2. The predicted octanol–water partition coefficient (Wildman–Crippen LogP) is 1.11. The molecule has 4 rings (SSSR count). The van der Waals surface area contributed by atoms with Gasteiger partial charge in [0.05, 0.1) is 44.1 Å². The van der Waals surface area contributed by atoms with Crippen molar-refractivity contribution in [2.24, 2.45) is 16.1 Å². The first-order chi connectivity index (χ1) is 16.3. The normalized spacial score (nSPS) is 18.9. The van der Waals surface area contributed by atoms with Gasteiger partial charge >= 0.3 is 0 Å². The maximum absolute atomic E-state index is 13.0. The van der Waals surface area contributed by atoms with Gasteiger partial charge in [0.25, 0.3) is 32.1 Å². The number of anilines is 2. The van der Waals surface area contributed by atoms with Crippen molar-refractivity contribution in [1.29, 1.82) is 0 Å². The van der Waals surface area contributed by atoms with Gasteiger partial charge in [-0.25, -0.2) is 0 Å². The van der Waals surface area contributed by atoms with E-state index in [9.17, 15) is 26.4 Å². The van der Waals surface area contributed by atoms with E-state index in [1.54, 1.807) is 13.8 Å². The van der Waals surface area contributed by atoms with Crippen molar-refractivity contribution in [2.75, 3.05) is 10.0 Å². The summed E-state index contributed by atoms with van der Waals surface area (Å²) >= 11 is 0. The second kappa shape index (κ2) is 12.4. The summed E-state index contributed by atoms with van der Waals surface area (Å²) in [6.07, 6.45) is 1.43. The van der Waals surface area contributed by atoms with E-state index in [4.69, 9.17) is 9.11 Å². The van der Waals surface area contributed by atoms with Crippen LogP contribution in [0, 0.1) is 5.92 Å². The fraction of sp³-hybridized carbons (Fsp3) is 0.143. The molecule has 0 saturated carbocycles.